The van der Waals surface area contributed by atoms with Crippen LogP contribution in [0.5, 0.6) is 0 Å². The number of sulfone groups is 1. The third-order valence-electron chi connectivity index (χ3n) is 5.90. The molecule has 0 aliphatic carbocycles. The van der Waals surface area contributed by atoms with Crippen LogP contribution in [-0.2, 0) is 26.1 Å². The minimum absolute atomic E-state index is 0.0738. The Balaban J connectivity index is 1.52. The van der Waals surface area contributed by atoms with Gasteiger partial charge in [0.1, 0.15) is 5.82 Å². The largest absolute Gasteiger partial charge is 0.310 e. The molecule has 1 saturated heterocycles. The van der Waals surface area contributed by atoms with E-state index in [0.717, 1.165) is 33.9 Å². The van der Waals surface area contributed by atoms with E-state index in [1.54, 1.807) is 16.4 Å². The van der Waals surface area contributed by atoms with Gasteiger partial charge < -0.3 is 5.32 Å². The summed E-state index contributed by atoms with van der Waals surface area (Å²) in [6.07, 6.45) is 0.527. The molecule has 160 valence electrons. The van der Waals surface area contributed by atoms with E-state index in [-0.39, 0.29) is 23.5 Å². The average Bonchev–Trinajstić information content (AvgIpc) is 3.45. The first-order valence-electron chi connectivity index (χ1n) is 10.3. The highest BCUT2D eigenvalue weighted by atomic mass is 32.2. The maximum atomic E-state index is 13.6. The molecule has 5 rings (SSSR count). The monoisotopic (exact) mass is 453 g/mol. The molecule has 0 bridgehead atoms. The molecule has 1 fully saturated rings. The smallest absolute Gasteiger partial charge is 0.237 e. The van der Waals surface area contributed by atoms with Gasteiger partial charge in [-0.2, -0.15) is 16.9 Å². The molecule has 3 heterocycles. The number of fused-ring (bicyclic) bond motifs is 1. The van der Waals surface area contributed by atoms with Crippen LogP contribution in [0.1, 0.15) is 40.8 Å². The summed E-state index contributed by atoms with van der Waals surface area (Å²) in [5.74, 6) is 1.84. The molecule has 1 atom stereocenters. The van der Waals surface area contributed by atoms with Crippen molar-refractivity contribution in [1.82, 2.24) is 9.78 Å². The van der Waals surface area contributed by atoms with Gasteiger partial charge in [-0.1, -0.05) is 60.7 Å². The third-order valence-corrected chi connectivity index (χ3v) is 8.62. The second kappa shape index (κ2) is 8.16. The van der Waals surface area contributed by atoms with Gasteiger partial charge in [0.15, 0.2) is 9.84 Å². The molecule has 8 heteroatoms. The highest BCUT2D eigenvalue weighted by Gasteiger charge is 2.35. The highest BCUT2D eigenvalue weighted by molar-refractivity contribution is 7.98. The Labute approximate surface area is 186 Å². The lowest BCUT2D eigenvalue weighted by atomic mass is 9.90. The lowest BCUT2D eigenvalue weighted by Gasteiger charge is -2.20. The Kier molecular flexibility index (Phi) is 5.35. The topological polar surface area (TPSA) is 81.1 Å². The Hall–Kier alpha value is -2.58. The fraction of sp³-hybridized carbons (Fsp3) is 0.304. The van der Waals surface area contributed by atoms with Crippen molar-refractivity contribution in [2.45, 2.75) is 29.9 Å². The molecule has 2 aliphatic rings. The van der Waals surface area contributed by atoms with Crippen LogP contribution >= 0.6 is 11.8 Å². The lowest BCUT2D eigenvalue weighted by Crippen LogP contribution is -2.25. The zero-order valence-corrected chi connectivity index (χ0v) is 18.5. The Morgan fingerprint density at radius 1 is 1.03 bits per heavy atom. The fourth-order valence-electron chi connectivity index (χ4n) is 4.37. The molecule has 2 aliphatic heterocycles. The molecule has 3 aromatic rings. The van der Waals surface area contributed by atoms with E-state index in [1.165, 1.54) is 0 Å². The van der Waals surface area contributed by atoms with E-state index >= 15 is 0 Å². The molecule has 0 saturated carbocycles. The van der Waals surface area contributed by atoms with Crippen molar-refractivity contribution < 1.29 is 13.2 Å². The first-order valence-corrected chi connectivity index (χ1v) is 13.3. The minimum Gasteiger partial charge on any atom is -0.310 e. The summed E-state index contributed by atoms with van der Waals surface area (Å²) < 4.78 is 25.9. The van der Waals surface area contributed by atoms with Gasteiger partial charge in [-0.3, -0.25) is 4.79 Å². The summed E-state index contributed by atoms with van der Waals surface area (Å²) in [6.45, 7) is 0. The van der Waals surface area contributed by atoms with Gasteiger partial charge in [0.2, 0.25) is 5.91 Å². The number of nitrogens with one attached hydrogen (secondary N) is 1. The van der Waals surface area contributed by atoms with Crippen LogP contribution in [0.15, 0.2) is 60.7 Å². The lowest BCUT2D eigenvalue weighted by molar-refractivity contribution is -0.116. The zero-order chi connectivity index (χ0) is 21.4. The molecule has 1 unspecified atom stereocenters. The van der Waals surface area contributed by atoms with Crippen molar-refractivity contribution in [3.63, 3.8) is 0 Å². The second-order valence-electron chi connectivity index (χ2n) is 8.01. The van der Waals surface area contributed by atoms with Crippen molar-refractivity contribution in [1.29, 1.82) is 0 Å². The second-order valence-corrected chi connectivity index (χ2v) is 11.2. The standard InChI is InChI=1S/C23H23N3O3S2/c27-23(21(16-7-3-1-4-8-16)17-9-5-2-6-10-17)24-22-19-13-30-14-20(19)25-26(22)18-11-12-31(28,29)15-18/h1-10,18,21H,11-15H2,(H,24,27). The number of aromatic nitrogens is 2. The van der Waals surface area contributed by atoms with Gasteiger partial charge in [-0.05, 0) is 17.5 Å². The third kappa shape index (κ3) is 4.02. The SMILES string of the molecule is O=C(Nc1c2c(nn1C1CCS(=O)(=O)C1)CSC2)C(c1ccccc1)c1ccccc1. The number of hydrogen-bond donors (Lipinski definition) is 1. The van der Waals surface area contributed by atoms with E-state index in [9.17, 15) is 13.2 Å². The molecule has 1 aromatic heterocycles. The van der Waals surface area contributed by atoms with Crippen molar-refractivity contribution in [3.05, 3.63) is 83.0 Å². The quantitative estimate of drug-likeness (QED) is 0.636. The molecule has 6 nitrogen and oxygen atoms in total. The summed E-state index contributed by atoms with van der Waals surface area (Å²) in [5, 5.41) is 7.86. The number of benzene rings is 2. The summed E-state index contributed by atoms with van der Waals surface area (Å²) in [7, 11) is -3.06. The molecular weight excluding hydrogens is 430 g/mol. The highest BCUT2D eigenvalue weighted by Crippen LogP contribution is 2.39. The summed E-state index contributed by atoms with van der Waals surface area (Å²) in [6, 6.07) is 19.2. The van der Waals surface area contributed by atoms with E-state index in [1.807, 2.05) is 60.7 Å². The fourth-order valence-corrected chi connectivity index (χ4v) is 7.10. The number of carbonyl (C=O) groups is 1. The van der Waals surface area contributed by atoms with Gasteiger partial charge in [-0.25, -0.2) is 13.1 Å². The van der Waals surface area contributed by atoms with Gasteiger partial charge in [0.05, 0.1) is 29.2 Å². The number of thioether (sulfide) groups is 1. The van der Waals surface area contributed by atoms with E-state index in [2.05, 4.69) is 5.32 Å². The molecule has 2 aromatic carbocycles. The molecule has 0 spiro atoms. The van der Waals surface area contributed by atoms with Crippen molar-refractivity contribution in [3.8, 4) is 0 Å². The first kappa shape index (κ1) is 20.3. The van der Waals surface area contributed by atoms with Crippen LogP contribution in [0.4, 0.5) is 5.82 Å². The Morgan fingerprint density at radius 3 is 2.26 bits per heavy atom. The number of anilines is 1. The predicted octanol–water partition coefficient (Wildman–Crippen LogP) is 3.76. The normalized spacial score (nSPS) is 19.5. The molecular formula is C23H23N3O3S2. The van der Waals surface area contributed by atoms with E-state index in [0.29, 0.717) is 12.2 Å². The first-order chi connectivity index (χ1) is 15.0. The number of carbonyl (C=O) groups excluding carboxylic acids is 1. The molecule has 1 N–H and O–H groups in total. The van der Waals surface area contributed by atoms with Crippen LogP contribution in [0.3, 0.4) is 0 Å². The van der Waals surface area contributed by atoms with E-state index < -0.39 is 15.8 Å². The summed E-state index contributed by atoms with van der Waals surface area (Å²) >= 11 is 1.76. The zero-order valence-electron chi connectivity index (χ0n) is 16.9. The van der Waals surface area contributed by atoms with Crippen LogP contribution in [-0.4, -0.2) is 35.6 Å². The number of nitrogens with zero attached hydrogens (tertiary/aromatic N) is 2. The predicted molar refractivity (Wildman–Crippen MR) is 123 cm³/mol. The van der Waals surface area contributed by atoms with Crippen molar-refractivity contribution in [2.24, 2.45) is 0 Å². The van der Waals surface area contributed by atoms with Gasteiger partial charge in [-0.15, -0.1) is 0 Å². The Morgan fingerprint density at radius 2 is 1.68 bits per heavy atom. The molecule has 0 radical (unpaired) electrons. The van der Waals surface area contributed by atoms with Crippen LogP contribution < -0.4 is 5.32 Å². The summed E-state index contributed by atoms with van der Waals surface area (Å²) in [4.78, 5) is 13.6. The number of amides is 1. The minimum atomic E-state index is -3.06. The summed E-state index contributed by atoms with van der Waals surface area (Å²) in [5.41, 5.74) is 3.78. The van der Waals surface area contributed by atoms with Gasteiger partial charge in [0.25, 0.3) is 0 Å². The number of rotatable bonds is 5. The van der Waals surface area contributed by atoms with Crippen LogP contribution in [0.2, 0.25) is 0 Å². The van der Waals surface area contributed by atoms with Crippen LogP contribution in [0, 0.1) is 0 Å². The van der Waals surface area contributed by atoms with E-state index in [4.69, 9.17) is 5.10 Å². The van der Waals surface area contributed by atoms with Crippen molar-refractivity contribution >= 4 is 33.3 Å². The van der Waals surface area contributed by atoms with Crippen molar-refractivity contribution in [2.75, 3.05) is 16.8 Å². The Bertz CT molecular complexity index is 1170. The maximum Gasteiger partial charge on any atom is 0.237 e. The molecule has 31 heavy (non-hydrogen) atoms. The maximum absolute atomic E-state index is 13.6. The van der Waals surface area contributed by atoms with Crippen LogP contribution in [0.25, 0.3) is 0 Å². The molecule has 1 amide bonds. The number of hydrogen-bond acceptors (Lipinski definition) is 5. The van der Waals surface area contributed by atoms with Gasteiger partial charge in [0, 0.05) is 17.1 Å². The average molecular weight is 454 g/mol. The van der Waals surface area contributed by atoms with Gasteiger partial charge >= 0.3 is 0 Å².